The zero-order chi connectivity index (χ0) is 45.4. The second kappa shape index (κ2) is 18.2. The van der Waals surface area contributed by atoms with Gasteiger partial charge in [0.15, 0.2) is 11.8 Å². The van der Waals surface area contributed by atoms with Gasteiger partial charge in [-0.15, -0.1) is 23.5 Å². The van der Waals surface area contributed by atoms with Crippen LogP contribution in [-0.2, 0) is 19.1 Å². The third kappa shape index (κ3) is 8.72. The molecule has 4 aliphatic rings. The molecular weight excluding hydrogens is 864 g/mol. The number of anilines is 1. The molecule has 5 aromatic rings. The van der Waals surface area contributed by atoms with Crippen LogP contribution in [0.4, 0.5) is 25.7 Å². The highest BCUT2D eigenvalue weighted by Gasteiger charge is 2.55. The van der Waals surface area contributed by atoms with E-state index in [2.05, 4.69) is 15.5 Å². The first-order valence-electron chi connectivity index (χ1n) is 21.3. The predicted molar refractivity (Wildman–Crippen MR) is 254 cm³/mol. The summed E-state index contributed by atoms with van der Waals surface area (Å²) in [7, 11) is 3.96. The minimum absolute atomic E-state index is 0.0436. The lowest BCUT2D eigenvalue weighted by Gasteiger charge is -2.50. The first-order valence-corrected chi connectivity index (χ1v) is 23.4. The molecule has 0 bridgehead atoms. The summed E-state index contributed by atoms with van der Waals surface area (Å²) in [5, 5.41) is 11.1. The number of hydrogen-bond donors (Lipinski definition) is 1. The van der Waals surface area contributed by atoms with Gasteiger partial charge in [0.1, 0.15) is 22.8 Å². The number of hydrogen-bond acceptors (Lipinski definition) is 9. The van der Waals surface area contributed by atoms with Crippen LogP contribution in [0.1, 0.15) is 47.0 Å². The maximum atomic E-state index is 16.0. The molecule has 4 aliphatic heterocycles. The van der Waals surface area contributed by atoms with Crippen LogP contribution in [0.25, 0.3) is 6.08 Å². The Morgan fingerprint density at radius 3 is 2.18 bits per heavy atom. The van der Waals surface area contributed by atoms with Crippen molar-refractivity contribution in [2.45, 2.75) is 49.1 Å². The summed E-state index contributed by atoms with van der Waals surface area (Å²) >= 11 is 2.98. The van der Waals surface area contributed by atoms with E-state index in [9.17, 15) is 14.4 Å². The molecule has 16 heteroatoms. The molecule has 0 spiro atoms. The molecule has 2 amide bonds. The second-order valence-corrected chi connectivity index (χ2v) is 18.6. The van der Waals surface area contributed by atoms with E-state index in [1.165, 1.54) is 28.4 Å². The summed E-state index contributed by atoms with van der Waals surface area (Å²) in [6.07, 6.45) is 4.21. The van der Waals surface area contributed by atoms with Crippen LogP contribution in [-0.4, -0.2) is 81.3 Å². The van der Waals surface area contributed by atoms with Gasteiger partial charge in [-0.1, -0.05) is 60.7 Å². The molecule has 2 unspecified atom stereocenters. The molecule has 0 radical (unpaired) electrons. The number of azo groups is 1. The number of halogens is 2. The van der Waals surface area contributed by atoms with Crippen LogP contribution in [0, 0.1) is 13.8 Å². The van der Waals surface area contributed by atoms with E-state index in [1.807, 2.05) is 135 Å². The predicted octanol–water partition coefficient (Wildman–Crippen LogP) is 9.75. The van der Waals surface area contributed by atoms with E-state index in [0.29, 0.717) is 40.0 Å². The number of carbonyl (C=O) groups excluding carboxylic acids is 3. The highest BCUT2D eigenvalue weighted by Crippen LogP contribution is 2.43. The van der Waals surface area contributed by atoms with Crippen molar-refractivity contribution in [2.75, 3.05) is 30.5 Å². The first-order chi connectivity index (χ1) is 31.4. The fraction of sp³-hybridized carbons (Fsp3) is 0.224. The molecule has 9 rings (SSSR count). The van der Waals surface area contributed by atoms with Gasteiger partial charge in [-0.2, -0.15) is 10.2 Å². The van der Waals surface area contributed by atoms with Crippen molar-refractivity contribution in [1.82, 2.24) is 14.7 Å². The third-order valence-electron chi connectivity index (χ3n) is 11.9. The van der Waals surface area contributed by atoms with Crippen molar-refractivity contribution < 1.29 is 32.2 Å². The van der Waals surface area contributed by atoms with E-state index in [4.69, 9.17) is 4.74 Å². The monoisotopic (exact) mass is 909 g/mol. The SMILES string of the molecule is Cc1cc(C)n2c1C=C1C=CC(CCC(=O)NC3C(=O)N4C(C(=O)OC(c5ccccc5)c5ccccc5)=C(CSc5ccc(N=Nc6ccc(N(C)C)cc6)cc5)CSC34)=[N+]1[B-]2(F)F. The molecule has 11 nitrogen and oxygen atoms in total. The maximum Gasteiger partial charge on any atom is 0.737 e. The van der Waals surface area contributed by atoms with Crippen LogP contribution in [0.2, 0.25) is 0 Å². The van der Waals surface area contributed by atoms with Gasteiger partial charge in [-0.05, 0) is 96.4 Å². The molecule has 65 heavy (non-hydrogen) atoms. The molecule has 1 N–H and O–H groups in total. The number of aromatic nitrogens is 1. The van der Waals surface area contributed by atoms with Crippen LogP contribution in [0.15, 0.2) is 160 Å². The summed E-state index contributed by atoms with van der Waals surface area (Å²) < 4.78 is 40.5. The Morgan fingerprint density at radius 1 is 0.923 bits per heavy atom. The van der Waals surface area contributed by atoms with Crippen LogP contribution >= 0.6 is 23.5 Å². The van der Waals surface area contributed by atoms with Gasteiger partial charge >= 0.3 is 12.9 Å². The molecule has 1 aromatic heterocycles. The van der Waals surface area contributed by atoms with E-state index < -0.39 is 42.3 Å². The van der Waals surface area contributed by atoms with Crippen molar-refractivity contribution in [3.05, 3.63) is 172 Å². The Morgan fingerprint density at radius 2 is 1.55 bits per heavy atom. The van der Waals surface area contributed by atoms with E-state index >= 15 is 8.63 Å². The summed E-state index contributed by atoms with van der Waals surface area (Å²) in [5.41, 5.74) is 7.34. The lowest BCUT2D eigenvalue weighted by molar-refractivity contribution is -0.362. The van der Waals surface area contributed by atoms with Crippen molar-refractivity contribution in [3.63, 3.8) is 0 Å². The molecule has 5 heterocycles. The number of fused-ring (bicyclic) bond motifs is 3. The molecule has 1 saturated heterocycles. The van der Waals surface area contributed by atoms with Crippen molar-refractivity contribution in [3.8, 4) is 0 Å². The molecular formula is C49H46BF2N7O4S2. The van der Waals surface area contributed by atoms with Crippen LogP contribution in [0.5, 0.6) is 0 Å². The number of allylic oxidation sites excluding steroid dienone is 2. The van der Waals surface area contributed by atoms with Gasteiger partial charge in [0, 0.05) is 72.9 Å². The number of thioether (sulfide) groups is 2. The number of esters is 1. The summed E-state index contributed by atoms with van der Waals surface area (Å²) in [6.45, 7) is -0.695. The normalized spacial score (nSPS) is 18.4. The van der Waals surface area contributed by atoms with E-state index in [-0.39, 0.29) is 18.5 Å². The molecule has 0 saturated carbocycles. The van der Waals surface area contributed by atoms with Gasteiger partial charge in [0.2, 0.25) is 5.91 Å². The number of rotatable bonds is 14. The summed E-state index contributed by atoms with van der Waals surface area (Å²) in [6, 6.07) is 35.1. The van der Waals surface area contributed by atoms with Gasteiger partial charge < -0.3 is 32.5 Å². The number of amides is 2. The Kier molecular flexibility index (Phi) is 12.2. The standard InChI is InChI=1S/C49H46BF2N7O4S2/c1-31-27-32(2)58-42(31)28-40-22-21-39(59(40)50(58,51)52)23-26-43(60)53-44-47(61)57-45(49(62)63-46(33-11-7-5-8-12-33)34-13-9-6-10-14-34)35(30-65-48(44)57)29-64-41-24-17-37(18-25-41)55-54-36-15-19-38(20-16-36)56(3)4/h5-22,24-25,27-28,44,46,48H,23,26,29-30H2,1-4H3,(H,53,60). The smallest absolute Gasteiger partial charge is 0.448 e. The number of aryl methyl sites for hydroxylation is 2. The Labute approximate surface area is 384 Å². The Balaban J connectivity index is 0.918. The molecule has 330 valence electrons. The summed E-state index contributed by atoms with van der Waals surface area (Å²) in [5.74, 6) is -0.744. The second-order valence-electron chi connectivity index (χ2n) is 16.5. The third-order valence-corrected chi connectivity index (χ3v) is 14.3. The van der Waals surface area contributed by atoms with Crippen molar-refractivity contribution in [2.24, 2.45) is 10.2 Å². The average Bonchev–Trinajstić information content (AvgIpc) is 3.88. The quantitative estimate of drug-likeness (QED) is 0.0389. The lowest BCUT2D eigenvalue weighted by atomic mass is 9.90. The van der Waals surface area contributed by atoms with Crippen molar-refractivity contribution >= 4 is 77.1 Å². The van der Waals surface area contributed by atoms with Crippen LogP contribution < -0.4 is 10.2 Å². The average molecular weight is 910 g/mol. The highest BCUT2D eigenvalue weighted by molar-refractivity contribution is 8.01. The maximum absolute atomic E-state index is 16.0. The zero-order valence-electron chi connectivity index (χ0n) is 36.2. The number of ether oxygens (including phenoxy) is 1. The zero-order valence-corrected chi connectivity index (χ0v) is 37.9. The highest BCUT2D eigenvalue weighted by atomic mass is 32.2. The molecule has 1 fully saturated rings. The molecule has 4 aromatic carbocycles. The minimum Gasteiger partial charge on any atom is -0.448 e. The number of benzene rings is 4. The van der Waals surface area contributed by atoms with Crippen LogP contribution in [0.3, 0.4) is 0 Å². The topological polar surface area (TPSA) is 112 Å². The Bertz CT molecular complexity index is 2790. The number of nitrogens with one attached hydrogen (secondary N) is 1. The van der Waals surface area contributed by atoms with Gasteiger partial charge in [-0.25, -0.2) is 4.79 Å². The molecule has 2 atom stereocenters. The number of nitrogens with zero attached hydrogens (tertiary/aromatic N) is 6. The first kappa shape index (κ1) is 43.7. The van der Waals surface area contributed by atoms with E-state index in [0.717, 1.165) is 47.5 Å². The van der Waals surface area contributed by atoms with Gasteiger partial charge in [-0.3, -0.25) is 14.5 Å². The number of β-lactam (4-membered cyclic amide) rings is 1. The van der Waals surface area contributed by atoms with E-state index in [1.54, 1.807) is 31.2 Å². The molecule has 0 aliphatic carbocycles. The largest absolute Gasteiger partial charge is 0.737 e. The fourth-order valence-corrected chi connectivity index (χ4v) is 11.0. The number of carbonyl (C=O) groups is 3. The Hall–Kier alpha value is -6.52. The summed E-state index contributed by atoms with van der Waals surface area (Å²) in [4.78, 5) is 46.6. The fourth-order valence-electron chi connectivity index (χ4n) is 8.63. The minimum atomic E-state index is -4.17. The van der Waals surface area contributed by atoms with Gasteiger partial charge in [0.05, 0.1) is 11.4 Å². The van der Waals surface area contributed by atoms with Crippen molar-refractivity contribution in [1.29, 1.82) is 0 Å². The van der Waals surface area contributed by atoms with Gasteiger partial charge in [0.25, 0.3) is 5.91 Å². The lowest BCUT2D eigenvalue weighted by Crippen LogP contribution is -2.70.